The van der Waals surface area contributed by atoms with Gasteiger partial charge in [-0.15, -0.1) is 0 Å². The van der Waals surface area contributed by atoms with E-state index in [9.17, 15) is 34.2 Å². The van der Waals surface area contributed by atoms with E-state index in [1.165, 1.54) is 27.7 Å². The Morgan fingerprint density at radius 1 is 0.870 bits per heavy atom. The Morgan fingerprint density at radius 2 is 1.48 bits per heavy atom. The highest BCUT2D eigenvalue weighted by atomic mass is 16.6. The SMILES string of the molecule is CC(=O)OCC(C)CCC[C@@H](C)[C@H]1C(=O)[C@H](OC(C)=O)[C@@H]2[C@]1(C)CC[C@@H]1[C@@]3(C)CC[C@H](OC(C)=O)C[C@@H]3[C@@H](OC(C)=O)[C@@H](O)[C@]12O. The first-order valence-electron chi connectivity index (χ1n) is 17.0. The molecule has 0 radical (unpaired) electrons. The van der Waals surface area contributed by atoms with Crippen LogP contribution in [0.5, 0.6) is 0 Å². The van der Waals surface area contributed by atoms with Crippen LogP contribution in [0, 0.1) is 46.3 Å². The molecule has 4 aliphatic carbocycles. The first kappa shape index (κ1) is 36.3. The van der Waals surface area contributed by atoms with E-state index < -0.39 is 82.4 Å². The van der Waals surface area contributed by atoms with Crippen LogP contribution in [0.2, 0.25) is 0 Å². The smallest absolute Gasteiger partial charge is 0.303 e. The molecule has 0 spiro atoms. The Kier molecular flexibility index (Phi) is 10.7. The van der Waals surface area contributed by atoms with Crippen LogP contribution < -0.4 is 0 Å². The highest BCUT2D eigenvalue weighted by Crippen LogP contribution is 2.70. The fourth-order valence-corrected chi connectivity index (χ4v) is 10.4. The van der Waals surface area contributed by atoms with Crippen molar-refractivity contribution in [3.8, 4) is 0 Å². The third kappa shape index (κ3) is 6.47. The van der Waals surface area contributed by atoms with Gasteiger partial charge in [0.05, 0.1) is 6.61 Å². The maximum absolute atomic E-state index is 14.4. The third-order valence-corrected chi connectivity index (χ3v) is 12.1. The Bertz CT molecular complexity index is 1200. The van der Waals surface area contributed by atoms with Gasteiger partial charge in [0.2, 0.25) is 0 Å². The summed E-state index contributed by atoms with van der Waals surface area (Å²) in [5, 5.41) is 25.2. The molecule has 4 rings (SSSR count). The molecular formula is C35H54O11. The van der Waals surface area contributed by atoms with Gasteiger partial charge in [0.15, 0.2) is 11.9 Å². The Hall–Kier alpha value is -2.53. The van der Waals surface area contributed by atoms with Crippen LogP contribution >= 0.6 is 0 Å². The highest BCUT2D eigenvalue weighted by Gasteiger charge is 2.77. The second kappa shape index (κ2) is 13.5. The monoisotopic (exact) mass is 650 g/mol. The molecular weight excluding hydrogens is 596 g/mol. The summed E-state index contributed by atoms with van der Waals surface area (Å²) in [6, 6.07) is 0. The fraction of sp³-hybridized carbons (Fsp3) is 0.857. The second-order valence-electron chi connectivity index (χ2n) is 15.3. The zero-order valence-corrected chi connectivity index (χ0v) is 28.7. The normalized spacial score (nSPS) is 41.2. The van der Waals surface area contributed by atoms with E-state index in [2.05, 4.69) is 0 Å². The van der Waals surface area contributed by atoms with Gasteiger partial charge >= 0.3 is 23.9 Å². The number of ketones is 1. The quantitative estimate of drug-likeness (QED) is 0.260. The van der Waals surface area contributed by atoms with Gasteiger partial charge in [-0.2, -0.15) is 0 Å². The Labute approximate surface area is 272 Å². The Morgan fingerprint density at radius 3 is 2.07 bits per heavy atom. The summed E-state index contributed by atoms with van der Waals surface area (Å²) in [6.45, 7) is 13.6. The van der Waals surface area contributed by atoms with Crippen LogP contribution in [0.3, 0.4) is 0 Å². The van der Waals surface area contributed by atoms with Gasteiger partial charge in [0, 0.05) is 45.4 Å². The molecule has 4 aliphatic rings. The molecule has 0 aromatic rings. The predicted octanol–water partition coefficient (Wildman–Crippen LogP) is 3.93. The van der Waals surface area contributed by atoms with E-state index in [0.717, 1.165) is 12.8 Å². The maximum Gasteiger partial charge on any atom is 0.303 e. The van der Waals surface area contributed by atoms with E-state index in [1.54, 1.807) is 0 Å². The molecule has 0 aromatic carbocycles. The summed E-state index contributed by atoms with van der Waals surface area (Å²) < 4.78 is 22.3. The van der Waals surface area contributed by atoms with E-state index in [0.29, 0.717) is 45.1 Å². The number of aliphatic hydroxyl groups is 2. The summed E-state index contributed by atoms with van der Waals surface area (Å²) in [7, 11) is 0. The average molecular weight is 651 g/mol. The van der Waals surface area contributed by atoms with Crippen molar-refractivity contribution >= 4 is 29.7 Å². The van der Waals surface area contributed by atoms with E-state index in [1.807, 2.05) is 27.7 Å². The minimum atomic E-state index is -1.91. The minimum Gasteiger partial charge on any atom is -0.466 e. The molecule has 4 saturated carbocycles. The molecule has 260 valence electrons. The van der Waals surface area contributed by atoms with E-state index in [4.69, 9.17) is 18.9 Å². The van der Waals surface area contributed by atoms with Crippen LogP contribution in [-0.2, 0) is 42.9 Å². The number of esters is 4. The number of carbonyl (C=O) groups excluding carboxylic acids is 5. The standard InChI is InChI=1S/C35H54O11/c1-18(17-43-20(3)36)10-9-11-19(2)27-28(40)30(46-23(6)39)31-34(27,8)15-13-26-33(7)14-12-24(44-21(4)37)16-25(33)29(45-22(5)38)32(41)35(26,31)42/h18-19,24-27,29-32,41-42H,9-17H2,1-8H3/t18?,19-,24+,25-,26-,27+,29-,30+,31-,32-,33+,34-,35+/m1/s1. The second-order valence-corrected chi connectivity index (χ2v) is 15.3. The number of hydrogen-bond acceptors (Lipinski definition) is 11. The molecule has 0 saturated heterocycles. The number of rotatable bonds is 10. The zero-order chi connectivity index (χ0) is 34.4. The predicted molar refractivity (Wildman–Crippen MR) is 165 cm³/mol. The van der Waals surface area contributed by atoms with Crippen molar-refractivity contribution in [3.05, 3.63) is 0 Å². The van der Waals surface area contributed by atoms with Gasteiger partial charge in [-0.05, 0) is 73.5 Å². The molecule has 46 heavy (non-hydrogen) atoms. The number of fused-ring (bicyclic) bond motifs is 5. The molecule has 0 aromatic heterocycles. The van der Waals surface area contributed by atoms with Gasteiger partial charge < -0.3 is 29.2 Å². The number of aliphatic hydroxyl groups excluding tert-OH is 1. The molecule has 11 nitrogen and oxygen atoms in total. The minimum absolute atomic E-state index is 0.117. The van der Waals surface area contributed by atoms with Gasteiger partial charge in [0.1, 0.15) is 23.9 Å². The molecule has 4 fully saturated rings. The first-order valence-corrected chi connectivity index (χ1v) is 17.0. The summed E-state index contributed by atoms with van der Waals surface area (Å²) in [5.41, 5.74) is -3.35. The zero-order valence-electron chi connectivity index (χ0n) is 28.7. The summed E-state index contributed by atoms with van der Waals surface area (Å²) in [5.74, 6) is -4.58. The van der Waals surface area contributed by atoms with E-state index in [-0.39, 0.29) is 23.6 Å². The first-order chi connectivity index (χ1) is 21.4. The molecule has 0 aliphatic heterocycles. The molecule has 0 bridgehead atoms. The van der Waals surface area contributed by atoms with Crippen LogP contribution in [0.15, 0.2) is 0 Å². The van der Waals surface area contributed by atoms with Crippen molar-refractivity contribution in [1.29, 1.82) is 0 Å². The lowest BCUT2D eigenvalue weighted by Crippen LogP contribution is -2.75. The number of ether oxygens (including phenoxy) is 4. The summed E-state index contributed by atoms with van der Waals surface area (Å²) in [4.78, 5) is 62.3. The fourth-order valence-electron chi connectivity index (χ4n) is 10.4. The third-order valence-electron chi connectivity index (χ3n) is 12.1. The Balaban J connectivity index is 1.70. The van der Waals surface area contributed by atoms with Crippen molar-refractivity contribution in [2.24, 2.45) is 46.3 Å². The average Bonchev–Trinajstić information content (AvgIpc) is 3.16. The maximum atomic E-state index is 14.4. The summed E-state index contributed by atoms with van der Waals surface area (Å²) >= 11 is 0. The van der Waals surface area contributed by atoms with Crippen molar-refractivity contribution in [2.75, 3.05) is 6.61 Å². The van der Waals surface area contributed by atoms with Crippen molar-refractivity contribution in [2.45, 2.75) is 137 Å². The van der Waals surface area contributed by atoms with Crippen LogP contribution in [0.1, 0.15) is 107 Å². The van der Waals surface area contributed by atoms with Gasteiger partial charge in [-0.3, -0.25) is 24.0 Å². The van der Waals surface area contributed by atoms with Crippen LogP contribution in [-0.4, -0.2) is 76.5 Å². The van der Waals surface area contributed by atoms with Crippen molar-refractivity contribution in [3.63, 3.8) is 0 Å². The largest absolute Gasteiger partial charge is 0.466 e. The number of Topliss-reactive ketones (excluding diaryl/α,β-unsaturated/α-hetero) is 1. The van der Waals surface area contributed by atoms with Crippen LogP contribution in [0.4, 0.5) is 0 Å². The van der Waals surface area contributed by atoms with Crippen molar-refractivity contribution in [1.82, 2.24) is 0 Å². The lowest BCUT2D eigenvalue weighted by Gasteiger charge is -2.67. The number of carbonyl (C=O) groups is 5. The van der Waals surface area contributed by atoms with Crippen LogP contribution in [0.25, 0.3) is 0 Å². The lowest BCUT2D eigenvalue weighted by molar-refractivity contribution is -0.311. The molecule has 13 atom stereocenters. The van der Waals surface area contributed by atoms with Gasteiger partial charge in [0.25, 0.3) is 0 Å². The van der Waals surface area contributed by atoms with Crippen molar-refractivity contribution < 1.29 is 53.1 Å². The van der Waals surface area contributed by atoms with E-state index >= 15 is 0 Å². The molecule has 1 unspecified atom stereocenters. The number of hydrogen-bond donors (Lipinski definition) is 2. The molecule has 11 heteroatoms. The lowest BCUT2D eigenvalue weighted by atomic mass is 9.41. The molecule has 0 heterocycles. The molecule has 0 amide bonds. The highest BCUT2D eigenvalue weighted by molar-refractivity contribution is 5.91. The topological polar surface area (TPSA) is 163 Å². The summed E-state index contributed by atoms with van der Waals surface area (Å²) in [6.07, 6.45) is 0.479. The molecule has 2 N–H and O–H groups in total. The van der Waals surface area contributed by atoms with Gasteiger partial charge in [-0.25, -0.2) is 0 Å². The van der Waals surface area contributed by atoms with Gasteiger partial charge in [-0.1, -0.05) is 34.1 Å².